The second-order valence-corrected chi connectivity index (χ2v) is 2.29. The van der Waals surface area contributed by atoms with Gasteiger partial charge in [-0.15, -0.1) is 0 Å². The van der Waals surface area contributed by atoms with E-state index in [1.165, 1.54) is 0 Å². The first-order valence-corrected chi connectivity index (χ1v) is 3.27. The summed E-state index contributed by atoms with van der Waals surface area (Å²) in [4.78, 5) is 7.79. The molecule has 0 fully saturated rings. The van der Waals surface area contributed by atoms with Crippen LogP contribution in [0.1, 0.15) is 0 Å². The van der Waals surface area contributed by atoms with Gasteiger partial charge in [0.25, 0.3) is 0 Å². The van der Waals surface area contributed by atoms with E-state index < -0.39 is 0 Å². The van der Waals surface area contributed by atoms with Crippen molar-refractivity contribution in [3.63, 3.8) is 0 Å². The minimum Gasteiger partial charge on any atom is -0.283 e. The molecule has 53 valence electrons. The molecule has 2 aromatic heterocycles. The molecule has 0 aromatic carbocycles. The molecule has 0 spiro atoms. The highest BCUT2D eigenvalue weighted by molar-refractivity contribution is 5.82. The molecule has 0 aliphatic heterocycles. The highest BCUT2D eigenvalue weighted by Crippen LogP contribution is 2.12. The Morgan fingerprint density at radius 2 is 2.09 bits per heavy atom. The molecule has 1 N–H and O–H groups in total. The van der Waals surface area contributed by atoms with Gasteiger partial charge in [0.05, 0.1) is 0 Å². The maximum atomic E-state index is 7.24. The van der Waals surface area contributed by atoms with Gasteiger partial charge in [0, 0.05) is 29.4 Å². The Kier molecular flexibility index (Phi) is 1.22. The molecule has 0 amide bonds. The second kappa shape index (κ2) is 2.20. The van der Waals surface area contributed by atoms with Gasteiger partial charge in [-0.05, 0) is 12.1 Å². The summed E-state index contributed by atoms with van der Waals surface area (Å²) >= 11 is 0. The van der Waals surface area contributed by atoms with Crippen LogP contribution in [0.5, 0.6) is 0 Å². The molecule has 2 aromatic rings. The van der Waals surface area contributed by atoms with E-state index in [0.29, 0.717) is 0 Å². The van der Waals surface area contributed by atoms with Crippen molar-refractivity contribution >= 4 is 16.6 Å². The van der Waals surface area contributed by atoms with Crippen molar-refractivity contribution in [3.8, 4) is 0 Å². The minimum absolute atomic E-state index is 0.283. The molecule has 0 aliphatic carbocycles. The number of pyridine rings is 2. The van der Waals surface area contributed by atoms with Gasteiger partial charge in [-0.2, -0.15) is 0 Å². The van der Waals surface area contributed by atoms with Crippen molar-refractivity contribution in [3.05, 3.63) is 30.7 Å². The van der Waals surface area contributed by atoms with E-state index in [1.54, 1.807) is 24.7 Å². The average molecular weight is 144 g/mol. The standard InChI is InChI=1S/C8H6N3/c9-8-3-7-4-10-2-1-6(7)5-11-8/h1-5,9H. The summed E-state index contributed by atoms with van der Waals surface area (Å²) in [5, 5.41) is 1.99. The van der Waals surface area contributed by atoms with Gasteiger partial charge in [-0.3, -0.25) is 10.7 Å². The normalized spacial score (nSPS) is 10.2. The molecule has 2 heterocycles. The van der Waals surface area contributed by atoms with Gasteiger partial charge in [-0.25, -0.2) is 4.98 Å². The van der Waals surface area contributed by atoms with Crippen molar-refractivity contribution in [2.75, 3.05) is 0 Å². The number of hydrogen-bond acceptors (Lipinski definition) is 2. The van der Waals surface area contributed by atoms with Crippen LogP contribution in [0.2, 0.25) is 0 Å². The predicted molar refractivity (Wildman–Crippen MR) is 42.3 cm³/mol. The van der Waals surface area contributed by atoms with Gasteiger partial charge in [0.15, 0.2) is 0 Å². The Bertz CT molecular complexity index is 384. The molecule has 2 rings (SSSR count). The number of fused-ring (bicyclic) bond motifs is 1. The number of rotatable bonds is 0. The maximum absolute atomic E-state index is 7.24. The third-order valence-electron chi connectivity index (χ3n) is 1.52. The number of aromatic nitrogens is 2. The number of nitrogens with zero attached hydrogens (tertiary/aromatic N) is 2. The van der Waals surface area contributed by atoms with Crippen LogP contribution >= 0.6 is 0 Å². The number of nitrogens with one attached hydrogen (secondary N) is 1. The predicted octanol–water partition coefficient (Wildman–Crippen LogP) is 1.54. The molecule has 0 saturated carbocycles. The first-order chi connectivity index (χ1) is 5.36. The molecule has 1 radical (unpaired) electrons. The van der Waals surface area contributed by atoms with Crippen molar-refractivity contribution in [2.24, 2.45) is 0 Å². The van der Waals surface area contributed by atoms with Crippen LogP contribution in [0.15, 0.2) is 30.7 Å². The summed E-state index contributed by atoms with van der Waals surface area (Å²) in [5.74, 6) is 0.283. The summed E-state index contributed by atoms with van der Waals surface area (Å²) < 4.78 is 0. The van der Waals surface area contributed by atoms with Gasteiger partial charge in [0.2, 0.25) is 0 Å². The van der Waals surface area contributed by atoms with Crippen molar-refractivity contribution in [1.82, 2.24) is 15.7 Å². The third kappa shape index (κ3) is 1.00. The van der Waals surface area contributed by atoms with Gasteiger partial charge >= 0.3 is 0 Å². The molecule has 0 saturated heterocycles. The summed E-state index contributed by atoms with van der Waals surface area (Å²) in [5.41, 5.74) is 7.24. The van der Waals surface area contributed by atoms with Crippen LogP contribution in [0.25, 0.3) is 10.8 Å². The first-order valence-electron chi connectivity index (χ1n) is 3.27. The van der Waals surface area contributed by atoms with Crippen LogP contribution in [0, 0.1) is 0 Å². The van der Waals surface area contributed by atoms with Gasteiger partial charge in [-0.1, -0.05) is 0 Å². The van der Waals surface area contributed by atoms with Crippen LogP contribution in [0.4, 0.5) is 5.82 Å². The topological polar surface area (TPSA) is 49.6 Å². The lowest BCUT2D eigenvalue weighted by molar-refractivity contribution is 1.26. The lowest BCUT2D eigenvalue weighted by Gasteiger charge is -1.94. The Hall–Kier alpha value is -1.64. The average Bonchev–Trinajstić information content (AvgIpc) is 2.04. The lowest BCUT2D eigenvalue weighted by Crippen LogP contribution is -1.79. The van der Waals surface area contributed by atoms with E-state index in [4.69, 9.17) is 5.73 Å². The summed E-state index contributed by atoms with van der Waals surface area (Å²) in [7, 11) is 0. The Balaban J connectivity index is 2.83. The lowest BCUT2D eigenvalue weighted by atomic mass is 10.2. The zero-order chi connectivity index (χ0) is 7.68. The molecular formula is C8H6N3. The third-order valence-corrected chi connectivity index (χ3v) is 1.52. The monoisotopic (exact) mass is 144 g/mol. The summed E-state index contributed by atoms with van der Waals surface area (Å²) in [6.07, 6.45) is 5.13. The van der Waals surface area contributed by atoms with E-state index in [0.717, 1.165) is 10.8 Å². The smallest absolute Gasteiger partial charge is 0.145 e. The maximum Gasteiger partial charge on any atom is 0.145 e. The Labute approximate surface area is 63.9 Å². The fourth-order valence-corrected chi connectivity index (χ4v) is 0.979. The van der Waals surface area contributed by atoms with Crippen LogP contribution < -0.4 is 5.73 Å². The minimum atomic E-state index is 0.283. The van der Waals surface area contributed by atoms with Crippen LogP contribution in [-0.4, -0.2) is 9.97 Å². The van der Waals surface area contributed by atoms with Crippen LogP contribution in [-0.2, 0) is 0 Å². The van der Waals surface area contributed by atoms with Crippen molar-refractivity contribution in [1.29, 1.82) is 0 Å². The van der Waals surface area contributed by atoms with E-state index >= 15 is 0 Å². The molecule has 3 heteroatoms. The Morgan fingerprint density at radius 3 is 3.00 bits per heavy atom. The summed E-state index contributed by atoms with van der Waals surface area (Å²) in [6, 6.07) is 3.57. The van der Waals surface area contributed by atoms with E-state index in [1.807, 2.05) is 6.07 Å². The molecule has 0 aliphatic rings. The van der Waals surface area contributed by atoms with Crippen molar-refractivity contribution in [2.45, 2.75) is 0 Å². The van der Waals surface area contributed by atoms with E-state index in [-0.39, 0.29) is 5.82 Å². The molecule has 3 nitrogen and oxygen atoms in total. The SMILES string of the molecule is [NH]c1cc2cnccc2cn1. The van der Waals surface area contributed by atoms with E-state index in [2.05, 4.69) is 9.97 Å². The largest absolute Gasteiger partial charge is 0.283 e. The highest BCUT2D eigenvalue weighted by Gasteiger charge is 1.92. The fraction of sp³-hybridized carbons (Fsp3) is 0. The highest BCUT2D eigenvalue weighted by atomic mass is 14.8. The van der Waals surface area contributed by atoms with E-state index in [9.17, 15) is 0 Å². The zero-order valence-corrected chi connectivity index (χ0v) is 5.78. The van der Waals surface area contributed by atoms with Crippen LogP contribution in [0.3, 0.4) is 0 Å². The molecule has 11 heavy (non-hydrogen) atoms. The second-order valence-electron chi connectivity index (χ2n) is 2.29. The van der Waals surface area contributed by atoms with Gasteiger partial charge < -0.3 is 0 Å². The molecule has 0 bridgehead atoms. The quantitative estimate of drug-likeness (QED) is 0.563. The molecular weight excluding hydrogens is 138 g/mol. The zero-order valence-electron chi connectivity index (χ0n) is 5.78. The molecule has 0 atom stereocenters. The number of hydrogen-bond donors (Lipinski definition) is 0. The van der Waals surface area contributed by atoms with Gasteiger partial charge in [0.1, 0.15) is 5.82 Å². The molecule has 0 unspecified atom stereocenters. The fourth-order valence-electron chi connectivity index (χ4n) is 0.979. The first kappa shape index (κ1) is 6.09. The van der Waals surface area contributed by atoms with Crippen molar-refractivity contribution < 1.29 is 0 Å². The summed E-state index contributed by atoms with van der Waals surface area (Å²) in [6.45, 7) is 0. The Morgan fingerprint density at radius 1 is 1.18 bits per heavy atom.